The second-order valence-corrected chi connectivity index (χ2v) is 3.72. The highest BCUT2D eigenvalue weighted by molar-refractivity contribution is 7.09. The Kier molecular flexibility index (Phi) is 8.43. The van der Waals surface area contributed by atoms with Crippen molar-refractivity contribution in [1.29, 1.82) is 0 Å². The smallest absolute Gasteiger partial charge is 0.139 e. The summed E-state index contributed by atoms with van der Waals surface area (Å²) in [6, 6.07) is 0. The summed E-state index contributed by atoms with van der Waals surface area (Å²) in [6.45, 7) is 6.09. The Morgan fingerprint density at radius 3 is 2.79 bits per heavy atom. The van der Waals surface area contributed by atoms with Crippen LogP contribution < -0.4 is 0 Å². The van der Waals surface area contributed by atoms with Crippen molar-refractivity contribution in [3.8, 4) is 0 Å². The molecule has 1 heterocycles. The molecule has 82 valence electrons. The Morgan fingerprint density at radius 1 is 1.57 bits per heavy atom. The van der Waals surface area contributed by atoms with E-state index in [1.54, 1.807) is 17.5 Å². The molecule has 1 aromatic heterocycles. The Morgan fingerprint density at radius 2 is 2.29 bits per heavy atom. The molecule has 0 saturated heterocycles. The molecular formula is C11H21NOS. The van der Waals surface area contributed by atoms with Crippen LogP contribution in [0.5, 0.6) is 0 Å². The first-order valence-corrected chi connectivity index (χ1v) is 6.11. The van der Waals surface area contributed by atoms with E-state index in [1.807, 2.05) is 19.2 Å². The highest BCUT2D eigenvalue weighted by Gasteiger charge is 2.04. The van der Waals surface area contributed by atoms with Crippen LogP contribution in [0.3, 0.4) is 0 Å². The van der Waals surface area contributed by atoms with Crippen molar-refractivity contribution >= 4 is 17.1 Å². The molecule has 0 amide bonds. The Labute approximate surface area is 91.9 Å². The van der Waals surface area contributed by atoms with Gasteiger partial charge < -0.3 is 0 Å². The van der Waals surface area contributed by atoms with Crippen LogP contribution >= 0.6 is 11.3 Å². The van der Waals surface area contributed by atoms with Crippen molar-refractivity contribution in [2.75, 3.05) is 0 Å². The van der Waals surface area contributed by atoms with E-state index < -0.39 is 0 Å². The molecule has 14 heavy (non-hydrogen) atoms. The topological polar surface area (TPSA) is 30.0 Å². The lowest BCUT2D eigenvalue weighted by atomic mass is 10.1. The largest absolute Gasteiger partial charge is 0.299 e. The van der Waals surface area contributed by atoms with Gasteiger partial charge in [-0.05, 0) is 6.42 Å². The van der Waals surface area contributed by atoms with Crippen LogP contribution in [-0.2, 0) is 11.2 Å². The predicted octanol–water partition coefficient (Wildman–Crippen LogP) is 3.72. The van der Waals surface area contributed by atoms with E-state index in [0.717, 1.165) is 17.8 Å². The lowest BCUT2D eigenvalue weighted by Crippen LogP contribution is -2.01. The molecule has 3 heteroatoms. The van der Waals surface area contributed by atoms with Gasteiger partial charge in [-0.25, -0.2) is 4.98 Å². The van der Waals surface area contributed by atoms with Gasteiger partial charge in [-0.1, -0.05) is 27.2 Å². The van der Waals surface area contributed by atoms with Crippen molar-refractivity contribution in [3.05, 3.63) is 16.6 Å². The summed E-state index contributed by atoms with van der Waals surface area (Å²) in [5.74, 6) is 0.312. The molecule has 1 rings (SSSR count). The van der Waals surface area contributed by atoms with Gasteiger partial charge in [-0.3, -0.25) is 4.79 Å². The summed E-state index contributed by atoms with van der Waals surface area (Å²) in [4.78, 5) is 15.3. The van der Waals surface area contributed by atoms with E-state index in [9.17, 15) is 4.79 Å². The van der Waals surface area contributed by atoms with E-state index in [0.29, 0.717) is 18.6 Å². The molecule has 0 aliphatic heterocycles. The fourth-order valence-corrected chi connectivity index (χ4v) is 1.62. The van der Waals surface area contributed by atoms with Crippen molar-refractivity contribution in [2.24, 2.45) is 0 Å². The lowest BCUT2D eigenvalue weighted by molar-refractivity contribution is -0.118. The summed E-state index contributed by atoms with van der Waals surface area (Å²) in [7, 11) is 0. The molecular weight excluding hydrogens is 194 g/mol. The van der Waals surface area contributed by atoms with Crippen LogP contribution in [0, 0.1) is 0 Å². The highest BCUT2D eigenvalue weighted by Crippen LogP contribution is 2.07. The molecule has 0 radical (unpaired) electrons. The standard InChI is InChI=1S/C9H13NOS.C2H6.H2/c1-2-3-4-8(11)7-9-10-5-6-12-9;1-2;/h5-6H,2-4,7H2,1H3;1-2H3;1H/i;;1+1. The average molecular weight is 216 g/mol. The minimum absolute atomic E-state index is 0. The first-order chi connectivity index (χ1) is 6.83. The van der Waals surface area contributed by atoms with Gasteiger partial charge in [0.1, 0.15) is 5.78 Å². The van der Waals surface area contributed by atoms with Crippen LogP contribution in [0.25, 0.3) is 0 Å². The van der Waals surface area contributed by atoms with Gasteiger partial charge in [0.05, 0.1) is 11.4 Å². The number of rotatable bonds is 5. The number of carbonyl (C=O) groups excluding carboxylic acids is 1. The second kappa shape index (κ2) is 8.88. The first kappa shape index (κ1) is 13.3. The first-order valence-electron chi connectivity index (χ1n) is 5.23. The number of Topliss-reactive ketones (excluding diaryl/α,β-unsaturated/α-hetero) is 1. The second-order valence-electron chi connectivity index (χ2n) is 2.74. The number of thiazole rings is 1. The van der Waals surface area contributed by atoms with Crippen molar-refractivity contribution in [3.63, 3.8) is 0 Å². The molecule has 0 spiro atoms. The highest BCUT2D eigenvalue weighted by atomic mass is 32.1. The maximum absolute atomic E-state index is 11.2. The van der Waals surface area contributed by atoms with E-state index in [2.05, 4.69) is 11.9 Å². The molecule has 0 atom stereocenters. The summed E-state index contributed by atoms with van der Waals surface area (Å²) < 4.78 is 0. The summed E-state index contributed by atoms with van der Waals surface area (Å²) in [5.41, 5.74) is 0. The third kappa shape index (κ3) is 5.86. The minimum atomic E-state index is 0. The minimum Gasteiger partial charge on any atom is -0.299 e. The summed E-state index contributed by atoms with van der Waals surface area (Å²) in [6.07, 6.45) is 5.06. The monoisotopic (exact) mass is 216 g/mol. The molecule has 2 nitrogen and oxygen atoms in total. The van der Waals surface area contributed by atoms with Crippen LogP contribution in [0.1, 0.15) is 46.5 Å². The molecule has 0 aromatic carbocycles. The van der Waals surface area contributed by atoms with Gasteiger partial charge in [0.2, 0.25) is 0 Å². The maximum Gasteiger partial charge on any atom is 0.139 e. The fraction of sp³-hybridized carbons (Fsp3) is 0.636. The van der Waals surface area contributed by atoms with Crippen LogP contribution in [0.2, 0.25) is 0 Å². The average Bonchev–Trinajstić information content (AvgIpc) is 2.70. The van der Waals surface area contributed by atoms with Crippen LogP contribution in [0.15, 0.2) is 11.6 Å². The molecule has 0 fully saturated rings. The number of aromatic nitrogens is 1. The van der Waals surface area contributed by atoms with Gasteiger partial charge in [-0.15, -0.1) is 11.3 Å². The Balaban J connectivity index is 0. The van der Waals surface area contributed by atoms with Crippen molar-refractivity contribution in [2.45, 2.75) is 46.5 Å². The SMILES string of the molecule is CC.CCCCC(=O)Cc1nccs1.[2HH]. The zero-order chi connectivity index (χ0) is 10.8. The van der Waals surface area contributed by atoms with E-state index in [1.165, 1.54) is 0 Å². The predicted molar refractivity (Wildman–Crippen MR) is 63.8 cm³/mol. The third-order valence-corrected chi connectivity index (χ3v) is 2.42. The van der Waals surface area contributed by atoms with E-state index in [4.69, 9.17) is 0 Å². The zero-order valence-corrected chi connectivity index (χ0v) is 10.1. The number of ketones is 1. The number of hydrogen-bond donors (Lipinski definition) is 0. The molecule has 0 unspecified atom stereocenters. The molecule has 0 bridgehead atoms. The fourth-order valence-electron chi connectivity index (χ4n) is 0.971. The zero-order valence-electron chi connectivity index (χ0n) is 9.25. The van der Waals surface area contributed by atoms with Crippen LogP contribution in [-0.4, -0.2) is 10.8 Å². The molecule has 0 aliphatic rings. The number of unbranched alkanes of at least 4 members (excludes halogenated alkanes) is 1. The Bertz CT molecular complexity index is 237. The normalized spacial score (nSPS) is 9.07. The summed E-state index contributed by atoms with van der Waals surface area (Å²) >= 11 is 1.55. The number of nitrogens with zero attached hydrogens (tertiary/aromatic N) is 1. The van der Waals surface area contributed by atoms with Gasteiger partial charge >= 0.3 is 0 Å². The van der Waals surface area contributed by atoms with Crippen LogP contribution in [0.4, 0.5) is 0 Å². The van der Waals surface area contributed by atoms with E-state index in [-0.39, 0.29) is 1.43 Å². The molecule has 0 N–H and O–H groups in total. The lowest BCUT2D eigenvalue weighted by Gasteiger charge is -1.95. The quantitative estimate of drug-likeness (QED) is 0.751. The molecule has 0 aliphatic carbocycles. The number of hydrogen-bond acceptors (Lipinski definition) is 3. The van der Waals surface area contributed by atoms with Gasteiger partial charge in [0.25, 0.3) is 0 Å². The van der Waals surface area contributed by atoms with Gasteiger partial charge in [0.15, 0.2) is 0 Å². The number of carbonyl (C=O) groups is 1. The third-order valence-electron chi connectivity index (χ3n) is 1.64. The van der Waals surface area contributed by atoms with Crippen molar-refractivity contribution in [1.82, 2.24) is 4.98 Å². The van der Waals surface area contributed by atoms with Gasteiger partial charge in [0, 0.05) is 19.4 Å². The molecule has 0 saturated carbocycles. The molecule has 1 aromatic rings. The van der Waals surface area contributed by atoms with Gasteiger partial charge in [-0.2, -0.15) is 0 Å². The van der Waals surface area contributed by atoms with Crippen molar-refractivity contribution < 1.29 is 6.22 Å². The van der Waals surface area contributed by atoms with E-state index >= 15 is 0 Å². The Hall–Kier alpha value is -0.700. The maximum atomic E-state index is 11.2. The summed E-state index contributed by atoms with van der Waals surface area (Å²) in [5, 5.41) is 2.85.